The van der Waals surface area contributed by atoms with Crippen molar-refractivity contribution in [2.45, 2.75) is 64.8 Å². The maximum Gasteiger partial charge on any atom is 0.408 e. The zero-order valence-corrected chi connectivity index (χ0v) is 17.1. The van der Waals surface area contributed by atoms with Gasteiger partial charge >= 0.3 is 18.0 Å². The molecule has 0 aliphatic carbocycles. The minimum atomic E-state index is -1.30. The van der Waals surface area contributed by atoms with Gasteiger partial charge in [0, 0.05) is 6.42 Å². The van der Waals surface area contributed by atoms with Crippen molar-refractivity contribution in [3.05, 3.63) is 35.9 Å². The number of amides is 2. The highest BCUT2D eigenvalue weighted by atomic mass is 16.6. The molecular weight excluding hydrogens is 380 g/mol. The number of carboxylic acids is 1. The van der Waals surface area contributed by atoms with Gasteiger partial charge in [-0.25, -0.2) is 9.59 Å². The molecule has 0 fully saturated rings. The summed E-state index contributed by atoms with van der Waals surface area (Å²) in [5, 5.41) is 13.9. The molecule has 0 saturated heterocycles. The van der Waals surface area contributed by atoms with Crippen molar-refractivity contribution in [1.82, 2.24) is 10.6 Å². The van der Waals surface area contributed by atoms with Gasteiger partial charge in [-0.05, 0) is 39.7 Å². The summed E-state index contributed by atoms with van der Waals surface area (Å²) in [5.74, 6) is -2.58. The molecule has 0 aromatic heterocycles. The fourth-order valence-corrected chi connectivity index (χ4v) is 2.18. The van der Waals surface area contributed by atoms with E-state index in [1.807, 2.05) is 18.2 Å². The second kappa shape index (κ2) is 11.0. The van der Waals surface area contributed by atoms with Crippen molar-refractivity contribution in [3.63, 3.8) is 0 Å². The van der Waals surface area contributed by atoms with E-state index >= 15 is 0 Å². The van der Waals surface area contributed by atoms with Crippen molar-refractivity contribution in [1.29, 1.82) is 0 Å². The summed E-state index contributed by atoms with van der Waals surface area (Å²) >= 11 is 0. The molecule has 3 N–H and O–H groups in total. The number of hydrogen-bond acceptors (Lipinski definition) is 6. The van der Waals surface area contributed by atoms with Crippen LogP contribution < -0.4 is 10.6 Å². The van der Waals surface area contributed by atoms with E-state index in [1.165, 1.54) is 6.92 Å². The molecule has 2 atom stereocenters. The van der Waals surface area contributed by atoms with Gasteiger partial charge in [-0.3, -0.25) is 9.59 Å². The Balaban J connectivity index is 2.47. The number of nitrogens with one attached hydrogen (secondary N) is 2. The normalized spacial score (nSPS) is 13.0. The van der Waals surface area contributed by atoms with E-state index in [4.69, 9.17) is 9.47 Å². The van der Waals surface area contributed by atoms with Crippen LogP contribution in [0.3, 0.4) is 0 Å². The summed E-state index contributed by atoms with van der Waals surface area (Å²) in [5.41, 5.74) is 0.0789. The lowest BCUT2D eigenvalue weighted by atomic mass is 10.1. The van der Waals surface area contributed by atoms with Crippen molar-refractivity contribution < 1.29 is 33.8 Å². The van der Waals surface area contributed by atoms with Crippen molar-refractivity contribution in [2.24, 2.45) is 0 Å². The molecule has 1 rings (SSSR count). The first-order chi connectivity index (χ1) is 13.5. The zero-order chi connectivity index (χ0) is 22.0. The van der Waals surface area contributed by atoms with Crippen LogP contribution in [-0.4, -0.2) is 46.7 Å². The van der Waals surface area contributed by atoms with E-state index in [9.17, 15) is 24.3 Å². The quantitative estimate of drug-likeness (QED) is 0.533. The largest absolute Gasteiger partial charge is 0.480 e. The van der Waals surface area contributed by atoms with Crippen LogP contribution in [0.5, 0.6) is 0 Å². The molecule has 9 heteroatoms. The van der Waals surface area contributed by atoms with E-state index in [2.05, 4.69) is 10.6 Å². The molecule has 9 nitrogen and oxygen atoms in total. The summed E-state index contributed by atoms with van der Waals surface area (Å²) in [6.45, 7) is 6.50. The van der Waals surface area contributed by atoms with E-state index in [0.29, 0.717) is 0 Å². The highest BCUT2D eigenvalue weighted by Gasteiger charge is 2.26. The van der Waals surface area contributed by atoms with Gasteiger partial charge in [0.2, 0.25) is 5.91 Å². The summed E-state index contributed by atoms with van der Waals surface area (Å²) < 4.78 is 10.1. The van der Waals surface area contributed by atoms with Crippen molar-refractivity contribution in [2.75, 3.05) is 0 Å². The molecule has 0 heterocycles. The number of benzene rings is 1. The predicted molar refractivity (Wildman–Crippen MR) is 104 cm³/mol. The Morgan fingerprint density at radius 1 is 1.07 bits per heavy atom. The van der Waals surface area contributed by atoms with Gasteiger partial charge in [-0.2, -0.15) is 0 Å². The Labute approximate surface area is 169 Å². The van der Waals surface area contributed by atoms with Gasteiger partial charge in [0.05, 0.1) is 0 Å². The molecular formula is C20H28N2O7. The first kappa shape index (κ1) is 23.9. The Kier molecular flexibility index (Phi) is 9.11. The molecule has 0 radical (unpaired) electrons. The lowest BCUT2D eigenvalue weighted by Gasteiger charge is -2.22. The second-order valence-corrected chi connectivity index (χ2v) is 7.45. The summed E-state index contributed by atoms with van der Waals surface area (Å²) in [7, 11) is 0. The third-order valence-corrected chi connectivity index (χ3v) is 3.62. The SMILES string of the molecule is CC(NC(=O)OC(C)(C)C)C(=O)NC(CCC(=O)OCc1ccccc1)C(=O)O. The molecule has 0 saturated carbocycles. The fourth-order valence-electron chi connectivity index (χ4n) is 2.18. The number of carbonyl (C=O) groups is 4. The Morgan fingerprint density at radius 2 is 1.69 bits per heavy atom. The highest BCUT2D eigenvalue weighted by molar-refractivity contribution is 5.89. The Morgan fingerprint density at radius 3 is 2.24 bits per heavy atom. The highest BCUT2D eigenvalue weighted by Crippen LogP contribution is 2.07. The van der Waals surface area contributed by atoms with E-state index in [-0.39, 0.29) is 19.4 Å². The van der Waals surface area contributed by atoms with Gasteiger partial charge in [0.15, 0.2) is 0 Å². The molecule has 29 heavy (non-hydrogen) atoms. The topological polar surface area (TPSA) is 131 Å². The first-order valence-electron chi connectivity index (χ1n) is 9.20. The molecule has 0 aliphatic rings. The van der Waals surface area contributed by atoms with Crippen LogP contribution in [0.25, 0.3) is 0 Å². The number of rotatable bonds is 9. The van der Waals surface area contributed by atoms with E-state index in [1.54, 1.807) is 32.9 Å². The summed E-state index contributed by atoms with van der Waals surface area (Å²) in [6.07, 6.45) is -1.12. The van der Waals surface area contributed by atoms with Crippen molar-refractivity contribution >= 4 is 23.9 Å². The van der Waals surface area contributed by atoms with Crippen LogP contribution in [0.4, 0.5) is 4.79 Å². The number of carbonyl (C=O) groups excluding carboxylic acids is 3. The van der Waals surface area contributed by atoms with E-state index < -0.39 is 41.6 Å². The summed E-state index contributed by atoms with van der Waals surface area (Å²) in [4.78, 5) is 47.1. The Bertz CT molecular complexity index is 713. The first-order valence-corrected chi connectivity index (χ1v) is 9.20. The zero-order valence-electron chi connectivity index (χ0n) is 17.1. The molecule has 2 unspecified atom stereocenters. The number of alkyl carbamates (subject to hydrolysis) is 1. The van der Waals surface area contributed by atoms with Gasteiger partial charge in [-0.15, -0.1) is 0 Å². The molecule has 2 amide bonds. The number of esters is 1. The maximum atomic E-state index is 12.2. The van der Waals surface area contributed by atoms with Crippen LogP contribution in [0.1, 0.15) is 46.1 Å². The van der Waals surface area contributed by atoms with Crippen LogP contribution >= 0.6 is 0 Å². The third-order valence-electron chi connectivity index (χ3n) is 3.62. The molecule has 0 spiro atoms. The van der Waals surface area contributed by atoms with Crippen LogP contribution in [0.15, 0.2) is 30.3 Å². The lowest BCUT2D eigenvalue weighted by Crippen LogP contribution is -2.51. The molecule has 1 aromatic rings. The number of ether oxygens (including phenoxy) is 2. The maximum absolute atomic E-state index is 12.2. The molecule has 160 valence electrons. The average molecular weight is 408 g/mol. The number of carboxylic acid groups (broad SMARTS) is 1. The minimum Gasteiger partial charge on any atom is -0.480 e. The molecule has 0 bridgehead atoms. The smallest absolute Gasteiger partial charge is 0.408 e. The molecule has 0 aliphatic heterocycles. The third kappa shape index (κ3) is 10.1. The monoisotopic (exact) mass is 408 g/mol. The minimum absolute atomic E-state index is 0.0839. The average Bonchev–Trinajstić information content (AvgIpc) is 2.62. The van der Waals surface area contributed by atoms with Crippen LogP contribution in [0, 0.1) is 0 Å². The van der Waals surface area contributed by atoms with Crippen molar-refractivity contribution in [3.8, 4) is 0 Å². The summed E-state index contributed by atoms with van der Waals surface area (Å²) in [6, 6.07) is 6.74. The molecule has 1 aromatic carbocycles. The Hall–Kier alpha value is -3.10. The number of hydrogen-bond donors (Lipinski definition) is 3. The van der Waals surface area contributed by atoms with Gasteiger partial charge in [0.25, 0.3) is 0 Å². The van der Waals surface area contributed by atoms with Crippen LogP contribution in [0.2, 0.25) is 0 Å². The fraction of sp³-hybridized carbons (Fsp3) is 0.500. The lowest BCUT2D eigenvalue weighted by molar-refractivity contribution is -0.146. The van der Waals surface area contributed by atoms with Gasteiger partial charge in [0.1, 0.15) is 24.3 Å². The number of aliphatic carboxylic acids is 1. The van der Waals surface area contributed by atoms with Gasteiger partial charge < -0.3 is 25.2 Å². The van der Waals surface area contributed by atoms with Gasteiger partial charge in [-0.1, -0.05) is 30.3 Å². The van der Waals surface area contributed by atoms with E-state index in [0.717, 1.165) is 5.56 Å². The standard InChI is InChI=1S/C20H28N2O7/c1-13(21-19(27)29-20(2,3)4)17(24)22-15(18(25)26)10-11-16(23)28-12-14-8-6-5-7-9-14/h5-9,13,15H,10-12H2,1-4H3,(H,21,27)(H,22,24)(H,25,26). The predicted octanol–water partition coefficient (Wildman–Crippen LogP) is 1.99. The van der Waals surface area contributed by atoms with Crippen LogP contribution in [-0.2, 0) is 30.5 Å². The second-order valence-electron chi connectivity index (χ2n) is 7.45.